The van der Waals surface area contributed by atoms with Crippen molar-refractivity contribution >= 4 is 28.6 Å². The zero-order valence-electron chi connectivity index (χ0n) is 11.1. The predicted molar refractivity (Wildman–Crippen MR) is 78.3 cm³/mol. The van der Waals surface area contributed by atoms with E-state index in [0.717, 1.165) is 29.4 Å². The largest absolute Gasteiger partial charge is 0.468 e. The topological polar surface area (TPSA) is 56.2 Å². The minimum absolute atomic E-state index is 0.210. The Bertz CT molecular complexity index is 394. The molecular weight excluding hydrogens is 345 g/mol. The Labute approximate surface area is 121 Å². The number of halogens is 1. The van der Waals surface area contributed by atoms with Gasteiger partial charge in [0.05, 0.1) is 16.9 Å². The van der Waals surface area contributed by atoms with E-state index in [1.165, 1.54) is 7.11 Å². The Morgan fingerprint density at radius 2 is 2.33 bits per heavy atom. The fraction of sp³-hybridized carbons (Fsp3) is 0.667. The van der Waals surface area contributed by atoms with Crippen LogP contribution in [0.4, 0.5) is 0 Å². The molecule has 0 aliphatic heterocycles. The molecule has 1 atom stereocenters. The summed E-state index contributed by atoms with van der Waals surface area (Å²) in [4.78, 5) is 11.6. The third-order valence-corrected chi connectivity index (χ3v) is 3.66. The molecule has 0 amide bonds. The minimum atomic E-state index is -0.590. The molecule has 1 heterocycles. The maximum absolute atomic E-state index is 11.6. The van der Waals surface area contributed by atoms with Crippen LogP contribution in [0.15, 0.2) is 12.4 Å². The fourth-order valence-electron chi connectivity index (χ4n) is 1.77. The minimum Gasteiger partial charge on any atom is -0.468 e. The SMILES string of the molecule is CNC(C)(CCCCn1cc(I)cn1)C(=O)OC. The summed E-state index contributed by atoms with van der Waals surface area (Å²) in [6, 6.07) is 0. The number of carbonyl (C=O) groups excluding carboxylic acids is 1. The van der Waals surface area contributed by atoms with Crippen LogP contribution in [-0.4, -0.2) is 35.4 Å². The van der Waals surface area contributed by atoms with Gasteiger partial charge in [-0.3, -0.25) is 9.48 Å². The molecule has 0 aliphatic carbocycles. The van der Waals surface area contributed by atoms with Gasteiger partial charge in [-0.25, -0.2) is 0 Å². The highest BCUT2D eigenvalue weighted by Gasteiger charge is 2.31. The van der Waals surface area contributed by atoms with Crippen LogP contribution in [0.25, 0.3) is 0 Å². The molecule has 0 aromatic carbocycles. The van der Waals surface area contributed by atoms with Crippen LogP contribution in [0.2, 0.25) is 0 Å². The number of methoxy groups -OCH3 is 1. The number of rotatable bonds is 7. The Hall–Kier alpha value is -0.630. The van der Waals surface area contributed by atoms with Gasteiger partial charge < -0.3 is 10.1 Å². The van der Waals surface area contributed by atoms with Gasteiger partial charge >= 0.3 is 5.97 Å². The predicted octanol–water partition coefficient (Wildman–Crippen LogP) is 1.81. The van der Waals surface area contributed by atoms with Crippen molar-refractivity contribution < 1.29 is 9.53 Å². The van der Waals surface area contributed by atoms with Gasteiger partial charge in [-0.15, -0.1) is 0 Å². The highest BCUT2D eigenvalue weighted by atomic mass is 127. The molecule has 0 radical (unpaired) electrons. The zero-order chi connectivity index (χ0) is 13.6. The van der Waals surface area contributed by atoms with Gasteiger partial charge in [-0.05, 0) is 55.8 Å². The van der Waals surface area contributed by atoms with E-state index in [4.69, 9.17) is 4.74 Å². The molecular formula is C12H20IN3O2. The molecule has 0 aliphatic rings. The van der Waals surface area contributed by atoms with E-state index in [0.29, 0.717) is 0 Å². The molecule has 1 rings (SSSR count). The highest BCUT2D eigenvalue weighted by molar-refractivity contribution is 14.1. The van der Waals surface area contributed by atoms with E-state index in [-0.39, 0.29) is 5.97 Å². The lowest BCUT2D eigenvalue weighted by molar-refractivity contribution is -0.148. The van der Waals surface area contributed by atoms with Crippen LogP contribution in [0.3, 0.4) is 0 Å². The Balaban J connectivity index is 2.34. The van der Waals surface area contributed by atoms with Crippen molar-refractivity contribution in [2.75, 3.05) is 14.2 Å². The van der Waals surface area contributed by atoms with Gasteiger partial charge in [0.2, 0.25) is 0 Å². The van der Waals surface area contributed by atoms with E-state index in [1.807, 2.05) is 24.0 Å². The van der Waals surface area contributed by atoms with Crippen molar-refractivity contribution in [3.8, 4) is 0 Å². The lowest BCUT2D eigenvalue weighted by Gasteiger charge is -2.25. The smallest absolute Gasteiger partial charge is 0.325 e. The Morgan fingerprint density at radius 1 is 1.61 bits per heavy atom. The summed E-state index contributed by atoms with van der Waals surface area (Å²) in [6.07, 6.45) is 6.55. The number of hydrogen-bond acceptors (Lipinski definition) is 4. The van der Waals surface area contributed by atoms with Gasteiger partial charge in [-0.1, -0.05) is 0 Å². The summed E-state index contributed by atoms with van der Waals surface area (Å²) >= 11 is 2.24. The number of aromatic nitrogens is 2. The quantitative estimate of drug-likeness (QED) is 0.455. The Kier molecular flexibility index (Phi) is 6.07. The molecule has 5 nitrogen and oxygen atoms in total. The van der Waals surface area contributed by atoms with E-state index in [1.54, 1.807) is 7.05 Å². The molecule has 6 heteroatoms. The van der Waals surface area contributed by atoms with Crippen molar-refractivity contribution in [2.45, 2.75) is 38.3 Å². The molecule has 0 saturated heterocycles. The summed E-state index contributed by atoms with van der Waals surface area (Å²) < 4.78 is 7.87. The first-order valence-corrected chi connectivity index (χ1v) is 7.05. The van der Waals surface area contributed by atoms with Crippen LogP contribution >= 0.6 is 22.6 Å². The van der Waals surface area contributed by atoms with Crippen LogP contribution in [-0.2, 0) is 16.1 Å². The lowest BCUT2D eigenvalue weighted by Crippen LogP contribution is -2.48. The number of nitrogens with zero attached hydrogens (tertiary/aromatic N) is 2. The van der Waals surface area contributed by atoms with E-state index < -0.39 is 5.54 Å². The number of carbonyl (C=O) groups is 1. The third kappa shape index (κ3) is 4.24. The molecule has 1 N–H and O–H groups in total. The number of ether oxygens (including phenoxy) is 1. The van der Waals surface area contributed by atoms with Crippen LogP contribution < -0.4 is 5.32 Å². The van der Waals surface area contributed by atoms with E-state index in [2.05, 4.69) is 33.0 Å². The first kappa shape index (κ1) is 15.4. The summed E-state index contributed by atoms with van der Waals surface area (Å²) in [6.45, 7) is 2.75. The molecule has 0 spiro atoms. The van der Waals surface area contributed by atoms with Gasteiger partial charge in [0.1, 0.15) is 5.54 Å². The number of hydrogen-bond donors (Lipinski definition) is 1. The van der Waals surface area contributed by atoms with Crippen LogP contribution in [0.5, 0.6) is 0 Å². The second kappa shape index (κ2) is 7.08. The van der Waals surface area contributed by atoms with Gasteiger partial charge in [0.25, 0.3) is 0 Å². The van der Waals surface area contributed by atoms with E-state index in [9.17, 15) is 4.79 Å². The standard InChI is InChI=1S/C12H20IN3O2/c1-12(14-2,11(17)18-3)6-4-5-7-16-9-10(13)8-15-16/h8-9,14H,4-7H2,1-3H3. The van der Waals surface area contributed by atoms with Crippen molar-refractivity contribution in [3.05, 3.63) is 16.0 Å². The van der Waals surface area contributed by atoms with Gasteiger partial charge in [0.15, 0.2) is 0 Å². The highest BCUT2D eigenvalue weighted by Crippen LogP contribution is 2.15. The molecule has 1 aromatic heterocycles. The second-order valence-corrected chi connectivity index (χ2v) is 5.70. The maximum atomic E-state index is 11.6. The lowest BCUT2D eigenvalue weighted by atomic mass is 9.95. The summed E-state index contributed by atoms with van der Waals surface area (Å²) in [5.41, 5.74) is -0.590. The summed E-state index contributed by atoms with van der Waals surface area (Å²) in [5, 5.41) is 7.26. The molecule has 1 aromatic rings. The Morgan fingerprint density at radius 3 is 2.83 bits per heavy atom. The summed E-state index contributed by atoms with van der Waals surface area (Å²) in [5.74, 6) is -0.210. The van der Waals surface area contributed by atoms with Crippen molar-refractivity contribution in [2.24, 2.45) is 0 Å². The summed E-state index contributed by atoms with van der Waals surface area (Å²) in [7, 11) is 3.20. The van der Waals surface area contributed by atoms with Crippen LogP contribution in [0, 0.1) is 3.57 Å². The molecule has 0 fully saturated rings. The fourth-order valence-corrected chi connectivity index (χ4v) is 2.21. The first-order valence-electron chi connectivity index (χ1n) is 5.97. The van der Waals surface area contributed by atoms with Gasteiger partial charge in [0, 0.05) is 12.7 Å². The van der Waals surface area contributed by atoms with Crippen molar-refractivity contribution in [3.63, 3.8) is 0 Å². The van der Waals surface area contributed by atoms with Crippen molar-refractivity contribution in [1.29, 1.82) is 0 Å². The number of aryl methyl sites for hydroxylation is 1. The average molecular weight is 365 g/mol. The van der Waals surface area contributed by atoms with E-state index >= 15 is 0 Å². The molecule has 102 valence electrons. The monoisotopic (exact) mass is 365 g/mol. The van der Waals surface area contributed by atoms with Gasteiger partial charge in [-0.2, -0.15) is 5.10 Å². The molecule has 18 heavy (non-hydrogen) atoms. The molecule has 0 bridgehead atoms. The zero-order valence-corrected chi connectivity index (χ0v) is 13.2. The van der Waals surface area contributed by atoms with Crippen LogP contribution in [0.1, 0.15) is 26.2 Å². The first-order chi connectivity index (χ1) is 8.51. The molecule has 0 saturated carbocycles. The number of esters is 1. The number of likely N-dealkylation sites (N-methyl/N-ethyl adjacent to an activating group) is 1. The molecule has 1 unspecified atom stereocenters. The maximum Gasteiger partial charge on any atom is 0.325 e. The normalized spacial score (nSPS) is 14.2. The number of nitrogens with one attached hydrogen (secondary N) is 1. The number of unbranched alkanes of at least 4 members (excludes halogenated alkanes) is 1. The average Bonchev–Trinajstić information content (AvgIpc) is 2.79. The second-order valence-electron chi connectivity index (χ2n) is 4.45. The third-order valence-electron chi connectivity index (χ3n) is 3.10. The van der Waals surface area contributed by atoms with Crippen molar-refractivity contribution in [1.82, 2.24) is 15.1 Å².